The van der Waals surface area contributed by atoms with Crippen molar-refractivity contribution in [1.29, 1.82) is 0 Å². The molecule has 1 amide bonds. The van der Waals surface area contributed by atoms with Gasteiger partial charge >= 0.3 is 0 Å². The summed E-state index contributed by atoms with van der Waals surface area (Å²) in [6.45, 7) is 0.427. The van der Waals surface area contributed by atoms with Gasteiger partial charge in [-0.05, 0) is 54.1 Å². The van der Waals surface area contributed by atoms with Crippen molar-refractivity contribution in [2.45, 2.75) is 12.5 Å². The highest BCUT2D eigenvalue weighted by Crippen LogP contribution is 2.40. The maximum Gasteiger partial charge on any atom is 0.251 e. The third-order valence-electron chi connectivity index (χ3n) is 4.99. The Bertz CT molecular complexity index is 1020. The normalized spacial score (nSPS) is 14.8. The van der Waals surface area contributed by atoms with Crippen LogP contribution >= 0.6 is 11.6 Å². The summed E-state index contributed by atoms with van der Waals surface area (Å²) in [7, 11) is 3.94. The Morgan fingerprint density at radius 2 is 1.90 bits per heavy atom. The Morgan fingerprint density at radius 1 is 1.17 bits per heavy atom. The molecule has 2 heterocycles. The number of nitrogens with one attached hydrogen (secondary N) is 1. The van der Waals surface area contributed by atoms with E-state index in [9.17, 15) is 4.79 Å². The number of hydrogen-bond acceptors (Lipinski definition) is 4. The van der Waals surface area contributed by atoms with Crippen LogP contribution in [-0.4, -0.2) is 37.6 Å². The molecule has 0 bridgehead atoms. The molecule has 0 spiro atoms. The Labute approximate surface area is 175 Å². The van der Waals surface area contributed by atoms with Crippen LogP contribution in [0.25, 0.3) is 11.1 Å². The van der Waals surface area contributed by atoms with Crippen LogP contribution in [0.5, 0.6) is 5.75 Å². The van der Waals surface area contributed by atoms with Crippen LogP contribution in [-0.2, 0) is 6.42 Å². The van der Waals surface area contributed by atoms with Crippen molar-refractivity contribution in [2.24, 2.45) is 0 Å². The van der Waals surface area contributed by atoms with Crippen LogP contribution in [0.2, 0.25) is 5.02 Å². The van der Waals surface area contributed by atoms with Crippen molar-refractivity contribution >= 4 is 23.2 Å². The average Bonchev–Trinajstić information content (AvgIpc) is 3.14. The van der Waals surface area contributed by atoms with E-state index in [2.05, 4.69) is 10.3 Å². The first kappa shape index (κ1) is 19.3. The molecular formula is C23H22ClN3O2. The first-order valence-electron chi connectivity index (χ1n) is 9.46. The van der Waals surface area contributed by atoms with Gasteiger partial charge in [-0.1, -0.05) is 11.6 Å². The van der Waals surface area contributed by atoms with Crippen LogP contribution in [0.4, 0.5) is 5.69 Å². The number of carbonyl (C=O) groups is 1. The van der Waals surface area contributed by atoms with E-state index in [1.165, 1.54) is 0 Å². The smallest absolute Gasteiger partial charge is 0.251 e. The lowest BCUT2D eigenvalue weighted by molar-refractivity contribution is 0.0933. The summed E-state index contributed by atoms with van der Waals surface area (Å²) < 4.78 is 6.18. The molecule has 29 heavy (non-hydrogen) atoms. The number of rotatable bonds is 5. The lowest BCUT2D eigenvalue weighted by Crippen LogP contribution is -2.34. The zero-order chi connectivity index (χ0) is 20.4. The van der Waals surface area contributed by atoms with Gasteiger partial charge in [-0.25, -0.2) is 0 Å². The number of pyridine rings is 1. The summed E-state index contributed by atoms with van der Waals surface area (Å²) >= 11 is 6.32. The Balaban J connectivity index is 1.44. The summed E-state index contributed by atoms with van der Waals surface area (Å²) in [6.07, 6.45) is 4.07. The summed E-state index contributed by atoms with van der Waals surface area (Å²) in [5, 5.41) is 3.65. The molecule has 1 N–H and O–H groups in total. The molecule has 3 aromatic rings. The fraction of sp³-hybridized carbons (Fsp3) is 0.217. The number of hydrogen-bond donors (Lipinski definition) is 1. The van der Waals surface area contributed by atoms with E-state index in [0.29, 0.717) is 23.6 Å². The van der Waals surface area contributed by atoms with Gasteiger partial charge in [-0.2, -0.15) is 0 Å². The molecule has 1 atom stereocenters. The standard InChI is InChI=1S/C23H22ClN3O2/c1-27(2)19-5-3-16(4-6-19)23(28)26-14-20-12-17-11-18(24)13-21(22(17)29-20)15-7-9-25-10-8-15/h3-11,13,20H,12,14H2,1-2H3,(H,26,28). The van der Waals surface area contributed by atoms with Crippen molar-refractivity contribution in [1.82, 2.24) is 10.3 Å². The van der Waals surface area contributed by atoms with E-state index in [4.69, 9.17) is 16.3 Å². The molecular weight excluding hydrogens is 386 g/mol. The van der Waals surface area contributed by atoms with Gasteiger partial charge in [-0.15, -0.1) is 0 Å². The second kappa shape index (κ2) is 8.13. The number of fused-ring (bicyclic) bond motifs is 1. The van der Waals surface area contributed by atoms with Crippen molar-refractivity contribution in [3.05, 3.63) is 77.1 Å². The first-order chi connectivity index (χ1) is 14.0. The zero-order valence-corrected chi connectivity index (χ0v) is 17.1. The Kier molecular flexibility index (Phi) is 5.41. The maximum atomic E-state index is 12.5. The maximum absolute atomic E-state index is 12.5. The largest absolute Gasteiger partial charge is 0.487 e. The number of ether oxygens (including phenoxy) is 1. The summed E-state index contributed by atoms with van der Waals surface area (Å²) in [4.78, 5) is 18.6. The topological polar surface area (TPSA) is 54.5 Å². The lowest BCUT2D eigenvalue weighted by atomic mass is 10.0. The average molecular weight is 408 g/mol. The lowest BCUT2D eigenvalue weighted by Gasteiger charge is -2.15. The van der Waals surface area contributed by atoms with Crippen LogP contribution in [0.15, 0.2) is 60.9 Å². The molecule has 0 radical (unpaired) electrons. The molecule has 1 aliphatic rings. The van der Waals surface area contributed by atoms with Gasteiger partial charge in [-0.3, -0.25) is 9.78 Å². The Morgan fingerprint density at radius 3 is 2.59 bits per heavy atom. The van der Waals surface area contributed by atoms with Gasteiger partial charge in [0.05, 0.1) is 6.54 Å². The predicted octanol–water partition coefficient (Wildman–Crippen LogP) is 4.20. The first-order valence-corrected chi connectivity index (χ1v) is 9.84. The number of anilines is 1. The number of halogens is 1. The number of benzene rings is 2. The fourth-order valence-corrected chi connectivity index (χ4v) is 3.71. The minimum atomic E-state index is -0.131. The molecule has 0 fully saturated rings. The van der Waals surface area contributed by atoms with E-state index < -0.39 is 0 Å². The van der Waals surface area contributed by atoms with Gasteiger partial charge < -0.3 is 15.0 Å². The van der Waals surface area contributed by atoms with Gasteiger partial charge in [0.1, 0.15) is 11.9 Å². The van der Waals surface area contributed by atoms with E-state index in [1.807, 2.05) is 67.5 Å². The van der Waals surface area contributed by atoms with Crippen LogP contribution in [0.1, 0.15) is 15.9 Å². The summed E-state index contributed by atoms with van der Waals surface area (Å²) in [5.74, 6) is 0.720. The molecule has 5 nitrogen and oxygen atoms in total. The monoisotopic (exact) mass is 407 g/mol. The second-order valence-electron chi connectivity index (χ2n) is 7.27. The third kappa shape index (κ3) is 4.20. The molecule has 1 aromatic heterocycles. The minimum absolute atomic E-state index is 0.109. The van der Waals surface area contributed by atoms with E-state index in [-0.39, 0.29) is 12.0 Å². The van der Waals surface area contributed by atoms with Gasteiger partial charge in [0.2, 0.25) is 0 Å². The molecule has 148 valence electrons. The van der Waals surface area contributed by atoms with E-state index >= 15 is 0 Å². The van der Waals surface area contributed by atoms with Crippen molar-refractivity contribution in [3.63, 3.8) is 0 Å². The quantitative estimate of drug-likeness (QED) is 0.688. The van der Waals surface area contributed by atoms with Crippen molar-refractivity contribution < 1.29 is 9.53 Å². The van der Waals surface area contributed by atoms with Gasteiger partial charge in [0.25, 0.3) is 5.91 Å². The van der Waals surface area contributed by atoms with Gasteiger partial charge in [0.15, 0.2) is 0 Å². The predicted molar refractivity (Wildman–Crippen MR) is 116 cm³/mol. The van der Waals surface area contributed by atoms with Crippen molar-refractivity contribution in [2.75, 3.05) is 25.5 Å². The fourth-order valence-electron chi connectivity index (χ4n) is 3.47. The highest BCUT2D eigenvalue weighted by atomic mass is 35.5. The molecule has 6 heteroatoms. The van der Waals surface area contributed by atoms with Crippen molar-refractivity contribution in [3.8, 4) is 16.9 Å². The van der Waals surface area contributed by atoms with E-state index in [1.54, 1.807) is 12.4 Å². The van der Waals surface area contributed by atoms with Crippen LogP contribution in [0.3, 0.4) is 0 Å². The highest BCUT2D eigenvalue weighted by Gasteiger charge is 2.27. The highest BCUT2D eigenvalue weighted by molar-refractivity contribution is 6.31. The van der Waals surface area contributed by atoms with Crippen LogP contribution < -0.4 is 15.0 Å². The van der Waals surface area contributed by atoms with Gasteiger partial charge in [0, 0.05) is 60.3 Å². The van der Waals surface area contributed by atoms with Crippen LogP contribution in [0, 0.1) is 0 Å². The Hall–Kier alpha value is -3.05. The molecule has 1 aliphatic heterocycles. The molecule has 1 unspecified atom stereocenters. The SMILES string of the molecule is CN(C)c1ccc(C(=O)NCC2Cc3cc(Cl)cc(-c4ccncc4)c3O2)cc1. The second-order valence-corrected chi connectivity index (χ2v) is 7.71. The molecule has 2 aromatic carbocycles. The number of carbonyl (C=O) groups excluding carboxylic acids is 1. The minimum Gasteiger partial charge on any atom is -0.487 e. The number of amides is 1. The molecule has 0 saturated carbocycles. The molecule has 0 saturated heterocycles. The van der Waals surface area contributed by atoms with E-state index in [0.717, 1.165) is 28.1 Å². The zero-order valence-electron chi connectivity index (χ0n) is 16.4. The molecule has 0 aliphatic carbocycles. The number of nitrogens with zero attached hydrogens (tertiary/aromatic N) is 2. The number of aromatic nitrogens is 1. The summed E-state index contributed by atoms with van der Waals surface area (Å²) in [5.41, 5.74) is 4.69. The third-order valence-corrected chi connectivity index (χ3v) is 5.21. The summed E-state index contributed by atoms with van der Waals surface area (Å²) in [6, 6.07) is 15.2. The molecule has 4 rings (SSSR count).